The summed E-state index contributed by atoms with van der Waals surface area (Å²) in [7, 11) is 0. The van der Waals surface area contributed by atoms with E-state index in [4.69, 9.17) is 0 Å². The Kier molecular flexibility index (Phi) is 6.32. The topological polar surface area (TPSA) is 75.4 Å². The molecule has 0 bridgehead atoms. The predicted octanol–water partition coefficient (Wildman–Crippen LogP) is 2.10. The van der Waals surface area contributed by atoms with Crippen LogP contribution in [0.2, 0.25) is 0 Å². The second-order valence-corrected chi connectivity index (χ2v) is 4.25. The Morgan fingerprint density at radius 1 is 1.33 bits per heavy atom. The van der Waals surface area contributed by atoms with Gasteiger partial charge in [0.05, 0.1) is 0 Å². The second kappa shape index (κ2) is 7.79. The molecule has 0 fully saturated rings. The van der Waals surface area contributed by atoms with Crippen molar-refractivity contribution >= 4 is 0 Å². The van der Waals surface area contributed by atoms with Crippen LogP contribution in [0.3, 0.4) is 0 Å². The molecule has 0 amide bonds. The van der Waals surface area contributed by atoms with E-state index in [1.165, 1.54) is 0 Å². The molecule has 0 radical (unpaired) electrons. The molecular formula is C13H20N2O3. The first-order chi connectivity index (χ1) is 8.66. The van der Waals surface area contributed by atoms with E-state index in [9.17, 15) is 15.2 Å². The highest BCUT2D eigenvalue weighted by atomic mass is 16.6. The number of aliphatic hydroxyl groups excluding tert-OH is 1. The standard InChI is InChI=1S/C13H20N2O3/c1-2-3-7-10-14-13(16)12(15(17)18)11-8-5-4-6-9-11/h4-6,8-9,12-14,16H,2-3,7,10H2,1H3. The number of unbranched alkanes of at least 4 members (excludes halogenated alkanes) is 2. The first kappa shape index (κ1) is 14.6. The van der Waals surface area contributed by atoms with Crippen molar-refractivity contribution in [3.63, 3.8) is 0 Å². The zero-order valence-electron chi connectivity index (χ0n) is 10.6. The van der Waals surface area contributed by atoms with Gasteiger partial charge < -0.3 is 5.11 Å². The van der Waals surface area contributed by atoms with Gasteiger partial charge in [0.15, 0.2) is 6.23 Å². The Labute approximate surface area is 107 Å². The molecule has 1 aromatic rings. The minimum absolute atomic E-state index is 0.452. The van der Waals surface area contributed by atoms with E-state index in [-0.39, 0.29) is 0 Å². The molecule has 0 spiro atoms. The molecule has 2 atom stereocenters. The number of nitrogens with one attached hydrogen (secondary N) is 1. The summed E-state index contributed by atoms with van der Waals surface area (Å²) in [6.45, 7) is 2.67. The number of hydrogen-bond donors (Lipinski definition) is 2. The third-order valence-electron chi connectivity index (χ3n) is 2.80. The third-order valence-corrected chi connectivity index (χ3v) is 2.80. The maximum absolute atomic E-state index is 11.0. The van der Waals surface area contributed by atoms with Crippen LogP contribution in [0.1, 0.15) is 37.8 Å². The lowest BCUT2D eigenvalue weighted by molar-refractivity contribution is -0.542. The molecule has 5 heteroatoms. The van der Waals surface area contributed by atoms with Gasteiger partial charge in [-0.25, -0.2) is 0 Å². The first-order valence-corrected chi connectivity index (χ1v) is 6.26. The Morgan fingerprint density at radius 3 is 2.56 bits per heavy atom. The predicted molar refractivity (Wildman–Crippen MR) is 69.7 cm³/mol. The summed E-state index contributed by atoms with van der Waals surface area (Å²) in [5.74, 6) is 0. The van der Waals surface area contributed by atoms with E-state index >= 15 is 0 Å². The Hall–Kier alpha value is -1.46. The quantitative estimate of drug-likeness (QED) is 0.321. The monoisotopic (exact) mass is 252 g/mol. The van der Waals surface area contributed by atoms with E-state index in [1.807, 2.05) is 0 Å². The molecule has 1 rings (SSSR count). The summed E-state index contributed by atoms with van der Waals surface area (Å²) in [5, 5.41) is 23.7. The minimum atomic E-state index is -1.15. The molecule has 0 saturated carbocycles. The van der Waals surface area contributed by atoms with E-state index in [0.29, 0.717) is 12.1 Å². The van der Waals surface area contributed by atoms with Crippen LogP contribution in [-0.2, 0) is 0 Å². The van der Waals surface area contributed by atoms with Crippen molar-refractivity contribution in [3.05, 3.63) is 46.0 Å². The maximum Gasteiger partial charge on any atom is 0.276 e. The number of hydrogen-bond acceptors (Lipinski definition) is 4. The third kappa shape index (κ3) is 4.43. The minimum Gasteiger partial charge on any atom is -0.371 e. The molecular weight excluding hydrogens is 232 g/mol. The van der Waals surface area contributed by atoms with Crippen molar-refractivity contribution in [2.45, 2.75) is 38.5 Å². The van der Waals surface area contributed by atoms with Gasteiger partial charge in [-0.15, -0.1) is 0 Å². The zero-order chi connectivity index (χ0) is 13.4. The fourth-order valence-electron chi connectivity index (χ4n) is 1.81. The molecule has 18 heavy (non-hydrogen) atoms. The highest BCUT2D eigenvalue weighted by Gasteiger charge is 2.31. The Balaban J connectivity index is 2.59. The van der Waals surface area contributed by atoms with Gasteiger partial charge in [0, 0.05) is 10.5 Å². The summed E-state index contributed by atoms with van der Waals surface area (Å²) < 4.78 is 0. The van der Waals surface area contributed by atoms with Gasteiger partial charge in [0.1, 0.15) is 0 Å². The molecule has 100 valence electrons. The zero-order valence-corrected chi connectivity index (χ0v) is 10.6. The summed E-state index contributed by atoms with van der Waals surface area (Å²) in [6, 6.07) is 7.45. The summed E-state index contributed by atoms with van der Waals surface area (Å²) in [6.07, 6.45) is 1.88. The Morgan fingerprint density at radius 2 is 2.00 bits per heavy atom. The molecule has 0 saturated heterocycles. The van der Waals surface area contributed by atoms with E-state index in [0.717, 1.165) is 19.3 Å². The largest absolute Gasteiger partial charge is 0.371 e. The van der Waals surface area contributed by atoms with Crippen LogP contribution in [0, 0.1) is 10.1 Å². The van der Waals surface area contributed by atoms with Crippen molar-refractivity contribution < 1.29 is 10.0 Å². The lowest BCUT2D eigenvalue weighted by atomic mass is 10.1. The normalized spacial score (nSPS) is 14.1. The lowest BCUT2D eigenvalue weighted by Crippen LogP contribution is -2.38. The number of rotatable bonds is 8. The molecule has 0 aliphatic heterocycles. The summed E-state index contributed by atoms with van der Waals surface area (Å²) in [4.78, 5) is 10.6. The summed E-state index contributed by atoms with van der Waals surface area (Å²) >= 11 is 0. The molecule has 0 aliphatic carbocycles. The van der Waals surface area contributed by atoms with Gasteiger partial charge in [-0.1, -0.05) is 50.1 Å². The second-order valence-electron chi connectivity index (χ2n) is 4.25. The van der Waals surface area contributed by atoms with Gasteiger partial charge in [0.25, 0.3) is 6.04 Å². The van der Waals surface area contributed by atoms with Crippen LogP contribution >= 0.6 is 0 Å². The summed E-state index contributed by atoms with van der Waals surface area (Å²) in [5.41, 5.74) is 0.512. The molecule has 5 nitrogen and oxygen atoms in total. The van der Waals surface area contributed by atoms with Gasteiger partial charge in [-0.2, -0.15) is 0 Å². The first-order valence-electron chi connectivity index (χ1n) is 6.26. The molecule has 0 heterocycles. The maximum atomic E-state index is 11.0. The highest BCUT2D eigenvalue weighted by Crippen LogP contribution is 2.19. The van der Waals surface area contributed by atoms with Crippen LogP contribution in [0.5, 0.6) is 0 Å². The molecule has 0 aliphatic rings. The SMILES string of the molecule is CCCCCNC(O)C(c1ccccc1)[N+](=O)[O-]. The van der Waals surface area contributed by atoms with Gasteiger partial charge >= 0.3 is 0 Å². The van der Waals surface area contributed by atoms with Crippen molar-refractivity contribution in [2.24, 2.45) is 0 Å². The van der Waals surface area contributed by atoms with Crippen LogP contribution < -0.4 is 5.32 Å². The fourth-order valence-corrected chi connectivity index (χ4v) is 1.81. The lowest BCUT2D eigenvalue weighted by Gasteiger charge is -2.17. The molecule has 0 aromatic heterocycles. The van der Waals surface area contributed by atoms with E-state index in [1.54, 1.807) is 30.3 Å². The van der Waals surface area contributed by atoms with Crippen LogP contribution in [0.15, 0.2) is 30.3 Å². The number of nitrogens with zero attached hydrogens (tertiary/aromatic N) is 1. The average Bonchev–Trinajstić information content (AvgIpc) is 2.36. The molecule has 1 aromatic carbocycles. The van der Waals surface area contributed by atoms with Crippen molar-refractivity contribution in [1.82, 2.24) is 5.32 Å². The van der Waals surface area contributed by atoms with E-state index in [2.05, 4.69) is 12.2 Å². The van der Waals surface area contributed by atoms with Crippen molar-refractivity contribution in [2.75, 3.05) is 6.54 Å². The Bertz CT molecular complexity index is 357. The van der Waals surface area contributed by atoms with Crippen LogP contribution in [0.25, 0.3) is 0 Å². The molecule has 2 N–H and O–H groups in total. The van der Waals surface area contributed by atoms with Crippen molar-refractivity contribution in [1.29, 1.82) is 0 Å². The number of benzene rings is 1. The molecule has 2 unspecified atom stereocenters. The number of aliphatic hydroxyl groups is 1. The van der Waals surface area contributed by atoms with Gasteiger partial charge in [-0.3, -0.25) is 15.4 Å². The van der Waals surface area contributed by atoms with Crippen molar-refractivity contribution in [3.8, 4) is 0 Å². The fraction of sp³-hybridized carbons (Fsp3) is 0.538. The van der Waals surface area contributed by atoms with E-state index < -0.39 is 17.2 Å². The smallest absolute Gasteiger partial charge is 0.276 e. The number of nitro groups is 1. The van der Waals surface area contributed by atoms with Crippen LogP contribution in [0.4, 0.5) is 0 Å². The average molecular weight is 252 g/mol. The van der Waals surface area contributed by atoms with Crippen LogP contribution in [-0.4, -0.2) is 22.8 Å². The highest BCUT2D eigenvalue weighted by molar-refractivity contribution is 5.18. The van der Waals surface area contributed by atoms with Gasteiger partial charge in [0.2, 0.25) is 0 Å². The van der Waals surface area contributed by atoms with Gasteiger partial charge in [-0.05, 0) is 13.0 Å².